The average Bonchev–Trinajstić information content (AvgIpc) is 3.22. The third-order valence-corrected chi connectivity index (χ3v) is 4.81. The number of rotatable bonds is 7. The van der Waals surface area contributed by atoms with Crippen LogP contribution in [0.2, 0.25) is 0 Å². The number of nitrogens with one attached hydrogen (secondary N) is 1. The Labute approximate surface area is 174 Å². The first-order valence-corrected chi connectivity index (χ1v) is 9.77. The van der Waals surface area contributed by atoms with Gasteiger partial charge < -0.3 is 9.88 Å². The van der Waals surface area contributed by atoms with Crippen molar-refractivity contribution >= 4 is 5.91 Å². The van der Waals surface area contributed by atoms with E-state index >= 15 is 0 Å². The minimum absolute atomic E-state index is 0.0809. The summed E-state index contributed by atoms with van der Waals surface area (Å²) in [6, 6.07) is 19.3. The third kappa shape index (κ3) is 4.43. The number of hydrogen-bond acceptors (Lipinski definition) is 3. The molecule has 1 amide bonds. The summed E-state index contributed by atoms with van der Waals surface area (Å²) in [5.74, 6) is -0.361. The molecule has 0 aliphatic carbocycles. The van der Waals surface area contributed by atoms with Crippen molar-refractivity contribution in [2.75, 3.05) is 6.54 Å². The smallest absolute Gasteiger partial charge is 0.251 e. The van der Waals surface area contributed by atoms with E-state index in [2.05, 4.69) is 19.9 Å². The molecule has 150 valence electrons. The van der Waals surface area contributed by atoms with Crippen molar-refractivity contribution in [1.29, 1.82) is 0 Å². The number of amides is 1. The Morgan fingerprint density at radius 1 is 0.933 bits per heavy atom. The number of halogens is 1. The zero-order valence-corrected chi connectivity index (χ0v) is 16.3. The first-order chi connectivity index (χ1) is 14.7. The molecule has 0 unspecified atom stereocenters. The van der Waals surface area contributed by atoms with Gasteiger partial charge in [-0.3, -0.25) is 9.78 Å². The lowest BCUT2D eigenvalue weighted by molar-refractivity contribution is 0.0952. The summed E-state index contributed by atoms with van der Waals surface area (Å²) in [4.78, 5) is 20.9. The van der Waals surface area contributed by atoms with Gasteiger partial charge in [0.25, 0.3) is 5.91 Å². The van der Waals surface area contributed by atoms with E-state index < -0.39 is 0 Å². The second-order valence-corrected chi connectivity index (χ2v) is 6.85. The van der Waals surface area contributed by atoms with Gasteiger partial charge in [0.15, 0.2) is 0 Å². The van der Waals surface area contributed by atoms with Gasteiger partial charge in [-0.1, -0.05) is 18.2 Å². The van der Waals surface area contributed by atoms with Crippen molar-refractivity contribution in [2.45, 2.75) is 13.0 Å². The summed E-state index contributed by atoms with van der Waals surface area (Å²) >= 11 is 0. The van der Waals surface area contributed by atoms with Crippen LogP contribution < -0.4 is 5.32 Å². The predicted molar refractivity (Wildman–Crippen MR) is 114 cm³/mol. The summed E-state index contributed by atoms with van der Waals surface area (Å²) in [6.07, 6.45) is 6.01. The summed E-state index contributed by atoms with van der Waals surface area (Å²) in [5, 5.41) is 2.95. The summed E-state index contributed by atoms with van der Waals surface area (Å²) in [5.41, 5.74) is 4.21. The Bertz CT molecular complexity index is 1110. The van der Waals surface area contributed by atoms with Gasteiger partial charge in [0.05, 0.1) is 17.7 Å². The molecule has 0 bridgehead atoms. The highest BCUT2D eigenvalue weighted by Gasteiger charge is 2.15. The van der Waals surface area contributed by atoms with Crippen LogP contribution in [0.4, 0.5) is 4.39 Å². The number of nitrogens with zero attached hydrogens (tertiary/aromatic N) is 3. The van der Waals surface area contributed by atoms with Gasteiger partial charge >= 0.3 is 0 Å². The topological polar surface area (TPSA) is 59.8 Å². The minimum atomic E-state index is -0.280. The van der Waals surface area contributed by atoms with E-state index in [1.165, 1.54) is 12.1 Å². The Morgan fingerprint density at radius 2 is 1.67 bits per heavy atom. The number of aromatic nitrogens is 3. The molecule has 2 heterocycles. The molecule has 2 aromatic carbocycles. The molecule has 0 saturated heterocycles. The molecule has 5 nitrogen and oxygen atoms in total. The number of carbonyl (C=O) groups excluding carboxylic acids is 1. The van der Waals surface area contributed by atoms with Crippen LogP contribution in [0.15, 0.2) is 85.5 Å². The number of aryl methyl sites for hydroxylation is 1. The van der Waals surface area contributed by atoms with Gasteiger partial charge in [-0.2, -0.15) is 0 Å². The van der Waals surface area contributed by atoms with E-state index in [-0.39, 0.29) is 11.7 Å². The maximum Gasteiger partial charge on any atom is 0.251 e. The van der Waals surface area contributed by atoms with Crippen LogP contribution in [-0.2, 0) is 6.54 Å². The van der Waals surface area contributed by atoms with Crippen LogP contribution in [0, 0.1) is 5.82 Å². The second kappa shape index (κ2) is 9.13. The molecule has 0 aliphatic heterocycles. The second-order valence-electron chi connectivity index (χ2n) is 6.85. The Kier molecular flexibility index (Phi) is 5.94. The molecule has 1 N–H and O–H groups in total. The van der Waals surface area contributed by atoms with Crippen LogP contribution in [0.5, 0.6) is 0 Å². The molecule has 30 heavy (non-hydrogen) atoms. The average molecular weight is 400 g/mol. The van der Waals surface area contributed by atoms with Gasteiger partial charge in [-0.25, -0.2) is 9.37 Å². The zero-order chi connectivity index (χ0) is 20.8. The van der Waals surface area contributed by atoms with E-state index in [1.54, 1.807) is 43.0 Å². The quantitative estimate of drug-likeness (QED) is 0.462. The molecular weight excluding hydrogens is 379 g/mol. The molecule has 0 aliphatic rings. The standard InChI is InChI=1S/C24H21FN4O/c25-21-9-7-18(8-10-21)22-23(19-11-14-26-15-12-19)29(17-28-22)16-4-13-27-24(30)20-5-2-1-3-6-20/h1-3,5-12,14-15,17H,4,13,16H2,(H,27,30). The van der Waals surface area contributed by atoms with E-state index in [0.717, 1.165) is 28.9 Å². The van der Waals surface area contributed by atoms with Gasteiger partial charge in [-0.05, 0) is 55.0 Å². The fraction of sp³-hybridized carbons (Fsp3) is 0.125. The molecule has 0 spiro atoms. The lowest BCUT2D eigenvalue weighted by Crippen LogP contribution is -2.25. The number of imidazole rings is 1. The predicted octanol–water partition coefficient (Wildman–Crippen LogP) is 4.57. The van der Waals surface area contributed by atoms with Crippen LogP contribution in [0.25, 0.3) is 22.5 Å². The molecular formula is C24H21FN4O. The minimum Gasteiger partial charge on any atom is -0.352 e. The van der Waals surface area contributed by atoms with Crippen LogP contribution in [-0.4, -0.2) is 27.0 Å². The van der Waals surface area contributed by atoms with Crippen molar-refractivity contribution in [3.8, 4) is 22.5 Å². The maximum atomic E-state index is 13.4. The summed E-state index contributed by atoms with van der Waals surface area (Å²) in [7, 11) is 0. The molecule has 0 saturated carbocycles. The first-order valence-electron chi connectivity index (χ1n) is 9.77. The van der Waals surface area contributed by atoms with E-state index in [0.29, 0.717) is 18.7 Å². The zero-order valence-electron chi connectivity index (χ0n) is 16.3. The van der Waals surface area contributed by atoms with E-state index in [4.69, 9.17) is 0 Å². The molecule has 0 atom stereocenters. The first kappa shape index (κ1) is 19.5. The molecule has 2 aromatic heterocycles. The highest BCUT2D eigenvalue weighted by Crippen LogP contribution is 2.31. The van der Waals surface area contributed by atoms with Crippen LogP contribution in [0.3, 0.4) is 0 Å². The van der Waals surface area contributed by atoms with Crippen LogP contribution >= 0.6 is 0 Å². The summed E-state index contributed by atoms with van der Waals surface area (Å²) in [6.45, 7) is 1.23. The SMILES string of the molecule is O=C(NCCCn1cnc(-c2ccc(F)cc2)c1-c1ccncc1)c1ccccc1. The summed E-state index contributed by atoms with van der Waals surface area (Å²) < 4.78 is 15.4. The number of carbonyl (C=O) groups is 1. The van der Waals surface area contributed by atoms with Crippen molar-refractivity contribution in [2.24, 2.45) is 0 Å². The fourth-order valence-electron chi connectivity index (χ4n) is 3.33. The van der Waals surface area contributed by atoms with Crippen molar-refractivity contribution in [3.63, 3.8) is 0 Å². The number of benzene rings is 2. The van der Waals surface area contributed by atoms with Crippen molar-refractivity contribution in [1.82, 2.24) is 19.9 Å². The molecule has 4 aromatic rings. The Balaban J connectivity index is 1.50. The molecule has 6 heteroatoms. The third-order valence-electron chi connectivity index (χ3n) is 4.81. The van der Waals surface area contributed by atoms with Crippen LogP contribution in [0.1, 0.15) is 16.8 Å². The van der Waals surface area contributed by atoms with E-state index in [9.17, 15) is 9.18 Å². The number of pyridine rings is 1. The normalized spacial score (nSPS) is 10.7. The van der Waals surface area contributed by atoms with Gasteiger partial charge in [0.2, 0.25) is 0 Å². The van der Waals surface area contributed by atoms with Crippen molar-refractivity contribution < 1.29 is 9.18 Å². The largest absolute Gasteiger partial charge is 0.352 e. The maximum absolute atomic E-state index is 13.4. The monoisotopic (exact) mass is 400 g/mol. The molecule has 4 rings (SSSR count). The van der Waals surface area contributed by atoms with Gasteiger partial charge in [-0.15, -0.1) is 0 Å². The number of hydrogen-bond donors (Lipinski definition) is 1. The molecule has 0 fully saturated rings. The molecule has 0 radical (unpaired) electrons. The highest BCUT2D eigenvalue weighted by molar-refractivity contribution is 5.94. The lowest BCUT2D eigenvalue weighted by atomic mass is 10.1. The van der Waals surface area contributed by atoms with Gasteiger partial charge in [0.1, 0.15) is 5.82 Å². The van der Waals surface area contributed by atoms with E-state index in [1.807, 2.05) is 30.3 Å². The van der Waals surface area contributed by atoms with Crippen molar-refractivity contribution in [3.05, 3.63) is 96.8 Å². The fourth-order valence-corrected chi connectivity index (χ4v) is 3.33. The lowest BCUT2D eigenvalue weighted by Gasteiger charge is -2.11. The Morgan fingerprint density at radius 3 is 2.40 bits per heavy atom. The Hall–Kier alpha value is -3.80. The highest BCUT2D eigenvalue weighted by atomic mass is 19.1. The van der Waals surface area contributed by atoms with Gasteiger partial charge in [0, 0.05) is 42.2 Å².